The molecule has 0 aliphatic heterocycles. The van der Waals surface area contributed by atoms with Crippen LogP contribution in [0.25, 0.3) is 0 Å². The number of benzene rings is 2. The maximum Gasteiger partial charge on any atom is 0.454 e. The van der Waals surface area contributed by atoms with E-state index in [-0.39, 0.29) is 28.8 Å². The molecule has 0 saturated heterocycles. The number of halogens is 3. The average Bonchev–Trinajstić information content (AvgIpc) is 2.77. The van der Waals surface area contributed by atoms with Crippen molar-refractivity contribution in [3.63, 3.8) is 0 Å². The summed E-state index contributed by atoms with van der Waals surface area (Å²) < 4.78 is 46.5. The fourth-order valence-corrected chi connectivity index (χ4v) is 2.38. The minimum Gasteiger partial charge on any atom is -0.496 e. The van der Waals surface area contributed by atoms with Crippen LogP contribution >= 0.6 is 0 Å². The molecule has 2 aromatic rings. The molecule has 2 aromatic carbocycles. The molecule has 0 spiro atoms. The lowest BCUT2D eigenvalue weighted by atomic mass is 10.2. The van der Waals surface area contributed by atoms with Crippen molar-refractivity contribution in [3.05, 3.63) is 70.4 Å². The SMILES string of the molecule is COc1ccc(NC(=O)COC(=O)c2ccccc2N/C=C/C(=O)C(F)(F)F)c([N+](=O)[O-])c1. The Balaban J connectivity index is 2.03. The van der Waals surface area contributed by atoms with Crippen molar-refractivity contribution in [2.24, 2.45) is 0 Å². The van der Waals surface area contributed by atoms with Crippen LogP contribution in [0.4, 0.5) is 30.2 Å². The summed E-state index contributed by atoms with van der Waals surface area (Å²) in [4.78, 5) is 45.7. The van der Waals surface area contributed by atoms with Gasteiger partial charge in [-0.05, 0) is 24.3 Å². The first-order valence-electron chi connectivity index (χ1n) is 8.95. The van der Waals surface area contributed by atoms with Gasteiger partial charge < -0.3 is 20.1 Å². The second-order valence-electron chi connectivity index (χ2n) is 6.15. The summed E-state index contributed by atoms with van der Waals surface area (Å²) in [6.07, 6.45) is -4.09. The van der Waals surface area contributed by atoms with Gasteiger partial charge in [-0.2, -0.15) is 13.2 Å². The molecule has 0 radical (unpaired) electrons. The molecular formula is C20H16F3N3O7. The van der Waals surface area contributed by atoms with Crippen molar-refractivity contribution < 1.29 is 42.0 Å². The summed E-state index contributed by atoms with van der Waals surface area (Å²) >= 11 is 0. The van der Waals surface area contributed by atoms with E-state index in [9.17, 15) is 37.7 Å². The van der Waals surface area contributed by atoms with E-state index in [1.54, 1.807) is 0 Å². The van der Waals surface area contributed by atoms with Gasteiger partial charge >= 0.3 is 12.1 Å². The largest absolute Gasteiger partial charge is 0.496 e. The van der Waals surface area contributed by atoms with Gasteiger partial charge in [-0.15, -0.1) is 0 Å². The fraction of sp³-hybridized carbons (Fsp3) is 0.150. The van der Waals surface area contributed by atoms with Crippen molar-refractivity contribution in [1.29, 1.82) is 0 Å². The number of alkyl halides is 3. The topological polar surface area (TPSA) is 137 Å². The Morgan fingerprint density at radius 1 is 1.12 bits per heavy atom. The molecule has 0 unspecified atom stereocenters. The Morgan fingerprint density at radius 3 is 2.45 bits per heavy atom. The Bertz CT molecular complexity index is 1100. The van der Waals surface area contributed by atoms with Crippen molar-refractivity contribution in [2.45, 2.75) is 6.18 Å². The number of allylic oxidation sites excluding steroid dienone is 1. The summed E-state index contributed by atoms with van der Waals surface area (Å²) in [5.74, 6) is -3.79. The quantitative estimate of drug-likeness (QED) is 0.248. The number of ether oxygens (including phenoxy) is 2. The highest BCUT2D eigenvalue weighted by Crippen LogP contribution is 2.29. The van der Waals surface area contributed by atoms with E-state index < -0.39 is 41.1 Å². The number of anilines is 2. The van der Waals surface area contributed by atoms with Crippen LogP contribution in [0.2, 0.25) is 0 Å². The summed E-state index contributed by atoms with van der Waals surface area (Å²) in [7, 11) is 1.31. The number of rotatable bonds is 9. The molecule has 13 heteroatoms. The molecule has 174 valence electrons. The Morgan fingerprint density at radius 2 is 1.82 bits per heavy atom. The first-order chi connectivity index (χ1) is 15.5. The summed E-state index contributed by atoms with van der Waals surface area (Å²) in [6, 6.07) is 9.23. The average molecular weight is 467 g/mol. The molecule has 0 aromatic heterocycles. The first kappa shape index (κ1) is 24.8. The van der Waals surface area contributed by atoms with Gasteiger partial charge in [0.1, 0.15) is 11.4 Å². The summed E-state index contributed by atoms with van der Waals surface area (Å²) in [6.45, 7) is -0.807. The van der Waals surface area contributed by atoms with Crippen LogP contribution in [-0.2, 0) is 14.3 Å². The van der Waals surface area contributed by atoms with Gasteiger partial charge in [0.05, 0.1) is 29.4 Å². The number of nitrogens with zero attached hydrogens (tertiary/aromatic N) is 1. The van der Waals surface area contributed by atoms with Crippen molar-refractivity contribution in [3.8, 4) is 5.75 Å². The lowest BCUT2D eigenvalue weighted by Crippen LogP contribution is -2.22. The van der Waals surface area contributed by atoms with Gasteiger partial charge in [0.15, 0.2) is 6.61 Å². The minimum absolute atomic E-state index is 0.0138. The zero-order valence-electron chi connectivity index (χ0n) is 16.8. The van der Waals surface area contributed by atoms with E-state index in [2.05, 4.69) is 10.6 Å². The molecule has 0 fully saturated rings. The molecule has 0 bridgehead atoms. The molecule has 0 heterocycles. The number of carbonyl (C=O) groups is 3. The summed E-state index contributed by atoms with van der Waals surface area (Å²) in [5.41, 5.74) is -0.711. The molecule has 1 amide bonds. The standard InChI is InChI=1S/C20H16F3N3O7/c1-32-12-6-7-15(16(10-12)26(30)31)25-18(28)11-33-19(29)13-4-2-3-5-14(13)24-9-8-17(27)20(21,22)23/h2-10,24H,11H2,1H3,(H,25,28)/b9-8+. The molecule has 10 nitrogen and oxygen atoms in total. The number of hydrogen-bond donors (Lipinski definition) is 2. The van der Waals surface area contributed by atoms with Gasteiger partial charge in [0.2, 0.25) is 0 Å². The highest BCUT2D eigenvalue weighted by molar-refractivity contribution is 5.99. The molecule has 33 heavy (non-hydrogen) atoms. The van der Waals surface area contributed by atoms with Crippen LogP contribution in [0.15, 0.2) is 54.7 Å². The number of nitro groups is 1. The number of carbonyl (C=O) groups excluding carboxylic acids is 3. The normalized spacial score (nSPS) is 11.0. The monoisotopic (exact) mass is 467 g/mol. The number of esters is 1. The van der Waals surface area contributed by atoms with Crippen LogP contribution in [0.1, 0.15) is 10.4 Å². The predicted molar refractivity (Wildman–Crippen MR) is 109 cm³/mol. The second kappa shape index (κ2) is 10.7. The fourth-order valence-electron chi connectivity index (χ4n) is 2.38. The van der Waals surface area contributed by atoms with E-state index in [4.69, 9.17) is 9.47 Å². The summed E-state index contributed by atoms with van der Waals surface area (Å²) in [5, 5.41) is 15.8. The highest BCUT2D eigenvalue weighted by atomic mass is 19.4. The number of hydrogen-bond acceptors (Lipinski definition) is 8. The predicted octanol–water partition coefficient (Wildman–Crippen LogP) is 3.46. The number of ketones is 1. The van der Waals surface area contributed by atoms with Crippen LogP contribution in [0, 0.1) is 10.1 Å². The third-order valence-corrected chi connectivity index (χ3v) is 3.91. The Labute approximate surface area is 184 Å². The third kappa shape index (κ3) is 7.05. The minimum atomic E-state index is -5.04. The lowest BCUT2D eigenvalue weighted by molar-refractivity contribution is -0.384. The smallest absolute Gasteiger partial charge is 0.454 e. The molecular weight excluding hydrogens is 451 g/mol. The molecule has 0 atom stereocenters. The molecule has 0 aliphatic rings. The number of para-hydroxylation sites is 1. The Kier molecular flexibility index (Phi) is 8.09. The molecule has 0 aliphatic carbocycles. The van der Waals surface area contributed by atoms with Crippen molar-refractivity contribution in [2.75, 3.05) is 24.4 Å². The number of amides is 1. The van der Waals surface area contributed by atoms with Crippen molar-refractivity contribution in [1.82, 2.24) is 0 Å². The van der Waals surface area contributed by atoms with Crippen LogP contribution in [0.5, 0.6) is 5.75 Å². The molecule has 0 saturated carbocycles. The number of nitro benzene ring substituents is 1. The van der Waals surface area contributed by atoms with Crippen LogP contribution in [-0.4, -0.2) is 42.5 Å². The zero-order chi connectivity index (χ0) is 24.6. The van der Waals surface area contributed by atoms with Gasteiger partial charge in [-0.1, -0.05) is 12.1 Å². The van der Waals surface area contributed by atoms with E-state index in [1.165, 1.54) is 43.5 Å². The van der Waals surface area contributed by atoms with E-state index in [0.717, 1.165) is 6.07 Å². The van der Waals surface area contributed by atoms with Gasteiger partial charge in [-0.3, -0.25) is 19.7 Å². The van der Waals surface area contributed by atoms with E-state index in [0.29, 0.717) is 6.20 Å². The van der Waals surface area contributed by atoms with E-state index >= 15 is 0 Å². The first-order valence-corrected chi connectivity index (χ1v) is 8.95. The van der Waals surface area contributed by atoms with Gasteiger partial charge in [0.25, 0.3) is 17.4 Å². The van der Waals surface area contributed by atoms with Crippen LogP contribution < -0.4 is 15.4 Å². The third-order valence-electron chi connectivity index (χ3n) is 3.91. The maximum absolute atomic E-state index is 12.3. The van der Waals surface area contributed by atoms with Gasteiger partial charge in [-0.25, -0.2) is 4.79 Å². The Hall–Kier alpha value is -4.42. The lowest BCUT2D eigenvalue weighted by Gasteiger charge is -2.10. The number of methoxy groups -OCH3 is 1. The highest BCUT2D eigenvalue weighted by Gasteiger charge is 2.36. The van der Waals surface area contributed by atoms with Crippen molar-refractivity contribution >= 4 is 34.7 Å². The molecule has 2 rings (SSSR count). The van der Waals surface area contributed by atoms with Gasteiger partial charge in [0, 0.05) is 12.3 Å². The van der Waals surface area contributed by atoms with E-state index in [1.807, 2.05) is 0 Å². The molecule has 2 N–H and O–H groups in total. The van der Waals surface area contributed by atoms with Crippen LogP contribution in [0.3, 0.4) is 0 Å². The second-order valence-corrected chi connectivity index (χ2v) is 6.15. The maximum atomic E-state index is 12.3. The number of nitrogens with one attached hydrogen (secondary N) is 2. The zero-order valence-corrected chi connectivity index (χ0v) is 16.8.